The summed E-state index contributed by atoms with van der Waals surface area (Å²) < 4.78 is 1.74. The predicted molar refractivity (Wildman–Crippen MR) is 80.0 cm³/mol. The Labute approximate surface area is 122 Å². The maximum Gasteiger partial charge on any atom is 0.255 e. The van der Waals surface area contributed by atoms with Gasteiger partial charge >= 0.3 is 0 Å². The van der Waals surface area contributed by atoms with E-state index in [1.54, 1.807) is 35.4 Å². The largest absolute Gasteiger partial charge is 0.319 e. The summed E-state index contributed by atoms with van der Waals surface area (Å²) in [6, 6.07) is 14.8. The fourth-order valence-electron chi connectivity index (χ4n) is 1.97. The first kappa shape index (κ1) is 13.1. The maximum absolute atomic E-state index is 12.0. The molecule has 3 aromatic rings. The molecule has 0 unspecified atom stereocenters. The van der Waals surface area contributed by atoms with Gasteiger partial charge in [-0.15, -0.1) is 0 Å². The molecule has 1 amide bonds. The minimum atomic E-state index is -0.145. The molecule has 0 aliphatic rings. The van der Waals surface area contributed by atoms with Crippen LogP contribution in [0.4, 0.5) is 5.69 Å². The minimum absolute atomic E-state index is 0.145. The lowest BCUT2D eigenvalue weighted by molar-refractivity contribution is 0.102. The zero-order valence-electron chi connectivity index (χ0n) is 11.3. The van der Waals surface area contributed by atoms with Crippen LogP contribution >= 0.6 is 0 Å². The molecule has 0 bridgehead atoms. The van der Waals surface area contributed by atoms with Crippen LogP contribution in [0.5, 0.6) is 0 Å². The topological polar surface area (TPSA) is 59.8 Å². The summed E-state index contributed by atoms with van der Waals surface area (Å²) in [5, 5.41) is 7.04. The van der Waals surface area contributed by atoms with Gasteiger partial charge in [-0.3, -0.25) is 14.5 Å². The Morgan fingerprint density at radius 3 is 2.67 bits per heavy atom. The van der Waals surface area contributed by atoms with Gasteiger partial charge in [0.25, 0.3) is 5.91 Å². The Balaban J connectivity index is 1.67. The lowest BCUT2D eigenvalue weighted by Gasteiger charge is -2.02. The average molecular weight is 278 g/mol. The van der Waals surface area contributed by atoms with E-state index in [2.05, 4.69) is 15.4 Å². The minimum Gasteiger partial charge on any atom is -0.319 e. The fraction of sp³-hybridized carbons (Fsp3) is 0.0625. The van der Waals surface area contributed by atoms with Crippen LogP contribution in [0, 0.1) is 0 Å². The Bertz CT molecular complexity index is 722. The number of anilines is 1. The van der Waals surface area contributed by atoms with Gasteiger partial charge in [0.15, 0.2) is 0 Å². The third kappa shape index (κ3) is 3.33. The monoisotopic (exact) mass is 278 g/mol. The van der Waals surface area contributed by atoms with E-state index in [0.29, 0.717) is 17.8 Å². The molecule has 0 aliphatic heterocycles. The molecule has 2 heterocycles. The van der Waals surface area contributed by atoms with E-state index in [1.165, 1.54) is 0 Å². The Hall–Kier alpha value is -2.95. The van der Waals surface area contributed by atoms with E-state index in [1.807, 2.05) is 36.4 Å². The molecule has 104 valence electrons. The summed E-state index contributed by atoms with van der Waals surface area (Å²) in [5.74, 6) is -0.145. The zero-order chi connectivity index (χ0) is 14.5. The van der Waals surface area contributed by atoms with Crippen molar-refractivity contribution in [2.45, 2.75) is 6.54 Å². The maximum atomic E-state index is 12.0. The smallest absolute Gasteiger partial charge is 0.255 e. The van der Waals surface area contributed by atoms with Crippen LogP contribution in [0.3, 0.4) is 0 Å². The number of amides is 1. The van der Waals surface area contributed by atoms with Crippen molar-refractivity contribution in [3.63, 3.8) is 0 Å². The van der Waals surface area contributed by atoms with Crippen molar-refractivity contribution in [2.75, 3.05) is 5.32 Å². The molecule has 21 heavy (non-hydrogen) atoms. The van der Waals surface area contributed by atoms with E-state index < -0.39 is 0 Å². The first-order valence-corrected chi connectivity index (χ1v) is 6.60. The summed E-state index contributed by atoms with van der Waals surface area (Å²) in [4.78, 5) is 16.3. The number of hydrogen-bond acceptors (Lipinski definition) is 3. The van der Waals surface area contributed by atoms with Crippen LogP contribution in [-0.4, -0.2) is 20.7 Å². The van der Waals surface area contributed by atoms with E-state index in [-0.39, 0.29) is 5.91 Å². The Kier molecular flexibility index (Phi) is 3.73. The summed E-state index contributed by atoms with van der Waals surface area (Å²) in [7, 11) is 0. The standard InChI is InChI=1S/C16H14N4O/c21-16(13-6-2-1-3-7-13)19-15-10-18-20(12-15)11-14-8-4-5-9-17-14/h1-10,12H,11H2,(H,19,21). The second kappa shape index (κ2) is 6.00. The number of hydrogen-bond donors (Lipinski definition) is 1. The van der Waals surface area contributed by atoms with Gasteiger partial charge in [0.2, 0.25) is 0 Å². The van der Waals surface area contributed by atoms with Gasteiger partial charge in [-0.05, 0) is 24.3 Å². The summed E-state index contributed by atoms with van der Waals surface area (Å²) >= 11 is 0. The van der Waals surface area contributed by atoms with Gasteiger partial charge in [-0.2, -0.15) is 5.10 Å². The quantitative estimate of drug-likeness (QED) is 0.798. The van der Waals surface area contributed by atoms with Gasteiger partial charge in [-0.25, -0.2) is 0 Å². The SMILES string of the molecule is O=C(Nc1cnn(Cc2ccccn2)c1)c1ccccc1. The number of carbonyl (C=O) groups is 1. The number of rotatable bonds is 4. The van der Waals surface area contributed by atoms with Crippen LogP contribution in [0.1, 0.15) is 16.1 Å². The summed E-state index contributed by atoms with van der Waals surface area (Å²) in [5.41, 5.74) is 2.20. The second-order valence-corrected chi connectivity index (χ2v) is 4.57. The van der Waals surface area contributed by atoms with Crippen molar-refractivity contribution in [2.24, 2.45) is 0 Å². The van der Waals surface area contributed by atoms with Crippen molar-refractivity contribution in [1.29, 1.82) is 0 Å². The molecule has 0 atom stereocenters. The molecule has 0 aliphatic carbocycles. The van der Waals surface area contributed by atoms with Crippen molar-refractivity contribution in [3.05, 3.63) is 78.4 Å². The van der Waals surface area contributed by atoms with Crippen molar-refractivity contribution in [1.82, 2.24) is 14.8 Å². The van der Waals surface area contributed by atoms with E-state index in [4.69, 9.17) is 0 Å². The molecule has 0 saturated carbocycles. The molecule has 0 radical (unpaired) electrons. The normalized spacial score (nSPS) is 10.3. The number of benzene rings is 1. The summed E-state index contributed by atoms with van der Waals surface area (Å²) in [6.45, 7) is 0.571. The van der Waals surface area contributed by atoms with Crippen LogP contribution in [0.15, 0.2) is 67.1 Å². The van der Waals surface area contributed by atoms with Gasteiger partial charge < -0.3 is 5.32 Å². The molecular weight excluding hydrogens is 264 g/mol. The third-order valence-corrected chi connectivity index (χ3v) is 2.98. The van der Waals surface area contributed by atoms with Gasteiger partial charge in [-0.1, -0.05) is 24.3 Å². The molecule has 1 aromatic carbocycles. The molecule has 2 aromatic heterocycles. The number of pyridine rings is 1. The van der Waals surface area contributed by atoms with Crippen LogP contribution in [0.2, 0.25) is 0 Å². The second-order valence-electron chi connectivity index (χ2n) is 4.57. The molecule has 5 nitrogen and oxygen atoms in total. The van der Waals surface area contributed by atoms with Crippen LogP contribution in [0.25, 0.3) is 0 Å². The van der Waals surface area contributed by atoms with Crippen LogP contribution < -0.4 is 5.32 Å². The van der Waals surface area contributed by atoms with Gasteiger partial charge in [0.1, 0.15) is 0 Å². The molecule has 1 N–H and O–H groups in total. The van der Waals surface area contributed by atoms with Gasteiger partial charge in [0, 0.05) is 18.0 Å². The first-order chi connectivity index (χ1) is 10.3. The average Bonchev–Trinajstić information content (AvgIpc) is 2.96. The highest BCUT2D eigenvalue weighted by molar-refractivity contribution is 6.04. The van der Waals surface area contributed by atoms with E-state index in [0.717, 1.165) is 5.69 Å². The number of carbonyl (C=O) groups excluding carboxylic acids is 1. The van der Waals surface area contributed by atoms with Crippen molar-refractivity contribution >= 4 is 11.6 Å². The molecule has 3 rings (SSSR count). The highest BCUT2D eigenvalue weighted by Crippen LogP contribution is 2.09. The molecule has 0 fully saturated rings. The van der Waals surface area contributed by atoms with Gasteiger partial charge in [0.05, 0.1) is 24.1 Å². The first-order valence-electron chi connectivity index (χ1n) is 6.60. The Morgan fingerprint density at radius 2 is 1.90 bits per heavy atom. The van der Waals surface area contributed by atoms with E-state index >= 15 is 0 Å². The predicted octanol–water partition coefficient (Wildman–Crippen LogP) is 2.58. The van der Waals surface area contributed by atoms with Crippen LogP contribution in [-0.2, 0) is 6.54 Å². The number of aromatic nitrogens is 3. The number of nitrogens with zero attached hydrogens (tertiary/aromatic N) is 3. The molecule has 0 saturated heterocycles. The molecule has 0 spiro atoms. The van der Waals surface area contributed by atoms with E-state index in [9.17, 15) is 4.79 Å². The zero-order valence-corrected chi connectivity index (χ0v) is 11.3. The highest BCUT2D eigenvalue weighted by Gasteiger charge is 2.07. The number of nitrogens with one attached hydrogen (secondary N) is 1. The Morgan fingerprint density at radius 1 is 1.10 bits per heavy atom. The highest BCUT2D eigenvalue weighted by atomic mass is 16.1. The van der Waals surface area contributed by atoms with Crippen molar-refractivity contribution in [3.8, 4) is 0 Å². The summed E-state index contributed by atoms with van der Waals surface area (Å²) in [6.07, 6.45) is 5.16. The lowest BCUT2D eigenvalue weighted by atomic mass is 10.2. The fourth-order valence-corrected chi connectivity index (χ4v) is 1.97. The third-order valence-electron chi connectivity index (χ3n) is 2.98. The molecule has 5 heteroatoms. The molecular formula is C16H14N4O. The van der Waals surface area contributed by atoms with Crippen molar-refractivity contribution < 1.29 is 4.79 Å². The lowest BCUT2D eigenvalue weighted by Crippen LogP contribution is -2.11.